The van der Waals surface area contributed by atoms with Crippen LogP contribution in [0.1, 0.15) is 29.3 Å². The van der Waals surface area contributed by atoms with Crippen molar-refractivity contribution < 1.29 is 4.79 Å². The average Bonchev–Trinajstić information content (AvgIpc) is 3.06. The van der Waals surface area contributed by atoms with Gasteiger partial charge in [-0.15, -0.1) is 11.3 Å². The van der Waals surface area contributed by atoms with Gasteiger partial charge in [-0.1, -0.05) is 60.8 Å². The summed E-state index contributed by atoms with van der Waals surface area (Å²) < 4.78 is 0. The van der Waals surface area contributed by atoms with Crippen molar-refractivity contribution in [2.75, 3.05) is 5.32 Å². The molecule has 0 aliphatic carbocycles. The van der Waals surface area contributed by atoms with Crippen LogP contribution in [0.5, 0.6) is 0 Å². The maximum atomic E-state index is 12.3. The Bertz CT molecular complexity index is 891. The fraction of sp³-hybridized carbons (Fsp3) is 0.158. The summed E-state index contributed by atoms with van der Waals surface area (Å²) in [4.78, 5) is 16.8. The van der Waals surface area contributed by atoms with Crippen LogP contribution in [-0.4, -0.2) is 10.9 Å². The number of aryl methyl sites for hydroxylation is 1. The van der Waals surface area contributed by atoms with Gasteiger partial charge in [0, 0.05) is 16.5 Å². The van der Waals surface area contributed by atoms with Gasteiger partial charge in [-0.05, 0) is 30.2 Å². The van der Waals surface area contributed by atoms with Gasteiger partial charge in [0.05, 0.1) is 15.7 Å². The zero-order valence-corrected chi connectivity index (χ0v) is 15.9. The Morgan fingerprint density at radius 3 is 2.56 bits per heavy atom. The van der Waals surface area contributed by atoms with Gasteiger partial charge in [0.15, 0.2) is 5.13 Å². The molecule has 0 saturated heterocycles. The first-order chi connectivity index (χ1) is 12.1. The van der Waals surface area contributed by atoms with Crippen LogP contribution in [0.25, 0.3) is 11.3 Å². The van der Waals surface area contributed by atoms with E-state index in [-0.39, 0.29) is 5.91 Å². The summed E-state index contributed by atoms with van der Waals surface area (Å²) in [6.07, 6.45) is 2.20. The van der Waals surface area contributed by atoms with Crippen LogP contribution in [0.3, 0.4) is 0 Å². The molecule has 0 bridgehead atoms. The van der Waals surface area contributed by atoms with Gasteiger partial charge in [0.2, 0.25) is 0 Å². The van der Waals surface area contributed by atoms with Crippen LogP contribution in [0.2, 0.25) is 10.0 Å². The number of rotatable bonds is 5. The predicted molar refractivity (Wildman–Crippen MR) is 106 cm³/mol. The van der Waals surface area contributed by atoms with Crippen molar-refractivity contribution >= 4 is 45.6 Å². The molecule has 0 saturated carbocycles. The van der Waals surface area contributed by atoms with E-state index in [4.69, 9.17) is 23.2 Å². The number of hydrogen-bond acceptors (Lipinski definition) is 3. The summed E-state index contributed by atoms with van der Waals surface area (Å²) in [7, 11) is 0. The Balaban J connectivity index is 1.72. The summed E-state index contributed by atoms with van der Waals surface area (Å²) in [5, 5.41) is 6.03. The second-order valence-electron chi connectivity index (χ2n) is 5.57. The lowest BCUT2D eigenvalue weighted by Gasteiger charge is -2.03. The van der Waals surface area contributed by atoms with Crippen LogP contribution in [0, 0.1) is 0 Å². The first kappa shape index (κ1) is 17.9. The molecule has 0 radical (unpaired) electrons. The maximum Gasteiger partial charge on any atom is 0.257 e. The molecule has 3 rings (SSSR count). The summed E-state index contributed by atoms with van der Waals surface area (Å²) in [6.45, 7) is 2.16. The van der Waals surface area contributed by atoms with Crippen molar-refractivity contribution in [3.63, 3.8) is 0 Å². The van der Waals surface area contributed by atoms with Crippen LogP contribution < -0.4 is 5.32 Å². The number of amides is 1. The van der Waals surface area contributed by atoms with Gasteiger partial charge in [-0.25, -0.2) is 4.98 Å². The van der Waals surface area contributed by atoms with Crippen molar-refractivity contribution in [2.24, 2.45) is 0 Å². The first-order valence-electron chi connectivity index (χ1n) is 7.88. The van der Waals surface area contributed by atoms with Crippen molar-refractivity contribution in [3.8, 4) is 11.3 Å². The van der Waals surface area contributed by atoms with E-state index in [9.17, 15) is 4.79 Å². The van der Waals surface area contributed by atoms with E-state index in [1.807, 2.05) is 5.38 Å². The largest absolute Gasteiger partial charge is 0.298 e. The van der Waals surface area contributed by atoms with Crippen molar-refractivity contribution in [2.45, 2.75) is 19.8 Å². The molecular weight excluding hydrogens is 375 g/mol. The van der Waals surface area contributed by atoms with E-state index in [0.29, 0.717) is 20.7 Å². The summed E-state index contributed by atoms with van der Waals surface area (Å²) in [6, 6.07) is 13.1. The fourth-order valence-corrected chi connectivity index (χ4v) is 3.41. The van der Waals surface area contributed by atoms with Crippen molar-refractivity contribution in [3.05, 3.63) is 69.0 Å². The first-order valence-corrected chi connectivity index (χ1v) is 9.51. The van der Waals surface area contributed by atoms with Gasteiger partial charge in [0.25, 0.3) is 5.91 Å². The lowest BCUT2D eigenvalue weighted by molar-refractivity contribution is 0.102. The molecule has 1 aromatic heterocycles. The van der Waals surface area contributed by atoms with Crippen LogP contribution in [0.4, 0.5) is 5.13 Å². The Kier molecular flexibility index (Phi) is 5.74. The average molecular weight is 391 g/mol. The third-order valence-corrected chi connectivity index (χ3v) is 5.19. The van der Waals surface area contributed by atoms with Crippen LogP contribution in [0.15, 0.2) is 47.8 Å². The SMILES string of the molecule is CCCc1ccc(-c2csc(NC(=O)c3ccc(Cl)c(Cl)c3)n2)cc1. The zero-order chi connectivity index (χ0) is 17.8. The third kappa shape index (κ3) is 4.40. The summed E-state index contributed by atoms with van der Waals surface area (Å²) in [5.74, 6) is -0.266. The lowest BCUT2D eigenvalue weighted by Crippen LogP contribution is -2.11. The summed E-state index contributed by atoms with van der Waals surface area (Å²) in [5.41, 5.74) is 3.63. The van der Waals surface area contributed by atoms with E-state index in [1.165, 1.54) is 16.9 Å². The molecule has 0 atom stereocenters. The second-order valence-corrected chi connectivity index (χ2v) is 7.24. The molecule has 1 amide bonds. The Morgan fingerprint density at radius 2 is 1.88 bits per heavy atom. The molecule has 2 aromatic carbocycles. The number of thiazole rings is 1. The van der Waals surface area contributed by atoms with Gasteiger partial charge in [-0.3, -0.25) is 10.1 Å². The number of carbonyl (C=O) groups is 1. The number of carbonyl (C=O) groups excluding carboxylic acids is 1. The molecule has 1 heterocycles. The minimum absolute atomic E-state index is 0.266. The number of halogens is 2. The van der Waals surface area contributed by atoms with Gasteiger partial charge >= 0.3 is 0 Å². The lowest BCUT2D eigenvalue weighted by atomic mass is 10.1. The number of hydrogen-bond donors (Lipinski definition) is 1. The number of anilines is 1. The Morgan fingerprint density at radius 1 is 1.12 bits per heavy atom. The van der Waals surface area contributed by atoms with Crippen molar-refractivity contribution in [1.29, 1.82) is 0 Å². The van der Waals surface area contributed by atoms with E-state index in [0.717, 1.165) is 24.1 Å². The number of benzene rings is 2. The minimum Gasteiger partial charge on any atom is -0.298 e. The molecular formula is C19H16Cl2N2OS. The molecule has 6 heteroatoms. The van der Waals surface area contributed by atoms with Crippen LogP contribution >= 0.6 is 34.5 Å². The summed E-state index contributed by atoms with van der Waals surface area (Å²) >= 11 is 13.2. The molecule has 0 unspecified atom stereocenters. The standard InChI is InChI=1S/C19H16Cl2N2OS/c1-2-3-12-4-6-13(7-5-12)17-11-25-19(22-17)23-18(24)14-8-9-15(20)16(21)10-14/h4-11H,2-3H2,1H3,(H,22,23,24). The van der Waals surface area contributed by atoms with E-state index >= 15 is 0 Å². The second kappa shape index (κ2) is 8.00. The molecule has 0 aliphatic heterocycles. The smallest absolute Gasteiger partial charge is 0.257 e. The normalized spacial score (nSPS) is 10.7. The van der Waals surface area contributed by atoms with Crippen LogP contribution in [-0.2, 0) is 6.42 Å². The van der Waals surface area contributed by atoms with Crippen molar-refractivity contribution in [1.82, 2.24) is 4.98 Å². The topological polar surface area (TPSA) is 42.0 Å². The highest BCUT2D eigenvalue weighted by atomic mass is 35.5. The number of aromatic nitrogens is 1. The van der Waals surface area contributed by atoms with E-state index in [1.54, 1.807) is 18.2 Å². The molecule has 128 valence electrons. The third-order valence-electron chi connectivity index (χ3n) is 3.69. The predicted octanol–water partition coefficient (Wildman–Crippen LogP) is 6.32. The minimum atomic E-state index is -0.266. The van der Waals surface area contributed by atoms with Gasteiger partial charge in [0.1, 0.15) is 0 Å². The highest BCUT2D eigenvalue weighted by molar-refractivity contribution is 7.14. The maximum absolute atomic E-state index is 12.3. The zero-order valence-electron chi connectivity index (χ0n) is 13.6. The van der Waals surface area contributed by atoms with Gasteiger partial charge in [-0.2, -0.15) is 0 Å². The van der Waals surface area contributed by atoms with Gasteiger partial charge < -0.3 is 0 Å². The molecule has 1 N–H and O–H groups in total. The number of nitrogens with zero attached hydrogens (tertiary/aromatic N) is 1. The highest BCUT2D eigenvalue weighted by Crippen LogP contribution is 2.27. The Labute approximate surface area is 160 Å². The molecule has 25 heavy (non-hydrogen) atoms. The monoisotopic (exact) mass is 390 g/mol. The Hall–Kier alpha value is -1.88. The molecule has 3 aromatic rings. The quantitative estimate of drug-likeness (QED) is 0.553. The van der Waals surface area contributed by atoms with E-state index < -0.39 is 0 Å². The molecule has 3 nitrogen and oxygen atoms in total. The highest BCUT2D eigenvalue weighted by Gasteiger charge is 2.11. The fourth-order valence-electron chi connectivity index (χ4n) is 2.40. The van der Waals surface area contributed by atoms with E-state index in [2.05, 4.69) is 41.5 Å². The number of nitrogens with one attached hydrogen (secondary N) is 1. The molecule has 0 aliphatic rings. The molecule has 0 fully saturated rings. The molecule has 0 spiro atoms.